The molecule has 1 fully saturated rings. The number of ether oxygens (including phenoxy) is 1. The van der Waals surface area contributed by atoms with Gasteiger partial charge in [-0.25, -0.2) is 8.42 Å². The van der Waals surface area contributed by atoms with Crippen LogP contribution in [0.1, 0.15) is 39.5 Å². The number of nitrogens with zero attached hydrogens (tertiary/aromatic N) is 1. The van der Waals surface area contributed by atoms with Gasteiger partial charge in [0.25, 0.3) is 0 Å². The van der Waals surface area contributed by atoms with Gasteiger partial charge in [0.05, 0.1) is 17.7 Å². The Hall–Kier alpha value is -1.60. The van der Waals surface area contributed by atoms with Gasteiger partial charge in [0.2, 0.25) is 15.9 Å². The number of carbonyl (C=O) groups excluding carboxylic acids is 1. The van der Waals surface area contributed by atoms with Crippen LogP contribution in [0.2, 0.25) is 0 Å². The van der Waals surface area contributed by atoms with Gasteiger partial charge in [-0.2, -0.15) is 4.31 Å². The topological polar surface area (TPSA) is 75.7 Å². The Bertz CT molecular complexity index is 680. The first kappa shape index (κ1) is 18.7. The zero-order valence-electron chi connectivity index (χ0n) is 14.5. The third kappa shape index (κ3) is 4.48. The molecule has 1 aliphatic rings. The molecule has 0 radical (unpaired) electrons. The standard InChI is InChI=1S/C17H26N2O4S/c1-13(2)11-17(20)18-15-12-14(7-8-16(15)23-3)24(21,22)19-9-5-4-6-10-19/h7-8,12-13H,4-6,9-11H2,1-3H3,(H,18,20). The Morgan fingerprint density at radius 2 is 1.92 bits per heavy atom. The Morgan fingerprint density at radius 3 is 2.50 bits per heavy atom. The minimum atomic E-state index is -3.54. The zero-order chi connectivity index (χ0) is 17.7. The highest BCUT2D eigenvalue weighted by Crippen LogP contribution is 2.30. The number of hydrogen-bond acceptors (Lipinski definition) is 4. The molecule has 0 spiro atoms. The molecular formula is C17H26N2O4S. The Kier molecular flexibility index (Phi) is 6.23. The minimum Gasteiger partial charge on any atom is -0.495 e. The molecule has 2 rings (SSSR count). The highest BCUT2D eigenvalue weighted by molar-refractivity contribution is 7.89. The van der Waals surface area contributed by atoms with Gasteiger partial charge in [0, 0.05) is 19.5 Å². The molecule has 1 aromatic carbocycles. The second-order valence-electron chi connectivity index (χ2n) is 6.47. The molecule has 6 nitrogen and oxygen atoms in total. The largest absolute Gasteiger partial charge is 0.495 e. The molecule has 1 heterocycles. The number of carbonyl (C=O) groups is 1. The van der Waals surface area contributed by atoms with E-state index in [1.54, 1.807) is 6.07 Å². The molecule has 0 aliphatic carbocycles. The summed E-state index contributed by atoms with van der Waals surface area (Å²) < 4.78 is 32.3. The van der Waals surface area contributed by atoms with E-state index in [1.807, 2.05) is 13.8 Å². The van der Waals surface area contributed by atoms with E-state index in [1.165, 1.54) is 23.5 Å². The predicted molar refractivity (Wildman–Crippen MR) is 93.7 cm³/mol. The van der Waals surface area contributed by atoms with E-state index >= 15 is 0 Å². The summed E-state index contributed by atoms with van der Waals surface area (Å²) in [7, 11) is -2.05. The molecular weight excluding hydrogens is 328 g/mol. The van der Waals surface area contributed by atoms with Crippen LogP contribution in [-0.2, 0) is 14.8 Å². The van der Waals surface area contributed by atoms with Crippen molar-refractivity contribution in [1.82, 2.24) is 4.31 Å². The van der Waals surface area contributed by atoms with Crippen molar-refractivity contribution in [1.29, 1.82) is 0 Å². The fourth-order valence-electron chi connectivity index (χ4n) is 2.77. The summed E-state index contributed by atoms with van der Waals surface area (Å²) >= 11 is 0. The molecule has 0 unspecified atom stereocenters. The van der Waals surface area contributed by atoms with E-state index in [2.05, 4.69) is 5.32 Å². The maximum absolute atomic E-state index is 12.8. The third-order valence-corrected chi connectivity index (χ3v) is 5.89. The first-order chi connectivity index (χ1) is 11.3. The first-order valence-electron chi connectivity index (χ1n) is 8.32. The van der Waals surface area contributed by atoms with Crippen molar-refractivity contribution in [2.75, 3.05) is 25.5 Å². The SMILES string of the molecule is COc1ccc(S(=O)(=O)N2CCCCC2)cc1NC(=O)CC(C)C. The number of hydrogen-bond donors (Lipinski definition) is 1. The molecule has 1 aromatic rings. The van der Waals surface area contributed by atoms with E-state index in [4.69, 9.17) is 4.74 Å². The molecule has 134 valence electrons. The first-order valence-corrected chi connectivity index (χ1v) is 9.76. The van der Waals surface area contributed by atoms with E-state index in [0.29, 0.717) is 30.9 Å². The van der Waals surface area contributed by atoms with Crippen molar-refractivity contribution in [2.24, 2.45) is 5.92 Å². The van der Waals surface area contributed by atoms with Gasteiger partial charge in [0.15, 0.2) is 0 Å². The summed E-state index contributed by atoms with van der Waals surface area (Å²) in [6, 6.07) is 4.60. The van der Waals surface area contributed by atoms with Gasteiger partial charge >= 0.3 is 0 Å². The number of nitrogens with one attached hydrogen (secondary N) is 1. The van der Waals surface area contributed by atoms with Gasteiger partial charge in [0.1, 0.15) is 5.75 Å². The Morgan fingerprint density at radius 1 is 1.25 bits per heavy atom. The van der Waals surface area contributed by atoms with Crippen LogP contribution < -0.4 is 10.1 Å². The summed E-state index contributed by atoms with van der Waals surface area (Å²) in [5, 5.41) is 2.76. The lowest BCUT2D eigenvalue weighted by Crippen LogP contribution is -2.35. The monoisotopic (exact) mass is 354 g/mol. The normalized spacial score (nSPS) is 16.2. The van der Waals surface area contributed by atoms with Gasteiger partial charge in [-0.05, 0) is 37.0 Å². The van der Waals surface area contributed by atoms with Crippen LogP contribution in [0.4, 0.5) is 5.69 Å². The molecule has 0 bridgehead atoms. The summed E-state index contributed by atoms with van der Waals surface area (Å²) in [6.07, 6.45) is 3.19. The number of amides is 1. The van der Waals surface area contributed by atoms with Crippen molar-refractivity contribution in [2.45, 2.75) is 44.4 Å². The van der Waals surface area contributed by atoms with Crippen LogP contribution in [0.25, 0.3) is 0 Å². The highest BCUT2D eigenvalue weighted by Gasteiger charge is 2.27. The smallest absolute Gasteiger partial charge is 0.243 e. The molecule has 24 heavy (non-hydrogen) atoms. The fourth-order valence-corrected chi connectivity index (χ4v) is 4.32. The van der Waals surface area contributed by atoms with Gasteiger partial charge in [-0.15, -0.1) is 0 Å². The van der Waals surface area contributed by atoms with Gasteiger partial charge in [-0.1, -0.05) is 20.3 Å². The average molecular weight is 354 g/mol. The number of benzene rings is 1. The number of anilines is 1. The minimum absolute atomic E-state index is 0.157. The average Bonchev–Trinajstić information content (AvgIpc) is 2.54. The van der Waals surface area contributed by atoms with Gasteiger partial charge < -0.3 is 10.1 Å². The maximum Gasteiger partial charge on any atom is 0.243 e. The Balaban J connectivity index is 2.28. The molecule has 1 N–H and O–H groups in total. The summed E-state index contributed by atoms with van der Waals surface area (Å²) in [6.45, 7) is 4.99. The summed E-state index contributed by atoms with van der Waals surface area (Å²) in [5.41, 5.74) is 0.390. The number of methoxy groups -OCH3 is 1. The Labute approximate surface area is 144 Å². The predicted octanol–water partition coefficient (Wildman–Crippen LogP) is 2.85. The van der Waals surface area contributed by atoms with Crippen molar-refractivity contribution < 1.29 is 17.9 Å². The van der Waals surface area contributed by atoms with Crippen molar-refractivity contribution in [3.8, 4) is 5.75 Å². The molecule has 0 saturated carbocycles. The van der Waals surface area contributed by atoms with Crippen molar-refractivity contribution in [3.05, 3.63) is 18.2 Å². The molecule has 0 atom stereocenters. The number of piperidine rings is 1. The lowest BCUT2D eigenvalue weighted by atomic mass is 10.1. The maximum atomic E-state index is 12.8. The second-order valence-corrected chi connectivity index (χ2v) is 8.41. The molecule has 7 heteroatoms. The summed E-state index contributed by atoms with van der Waals surface area (Å²) in [5.74, 6) is 0.511. The zero-order valence-corrected chi connectivity index (χ0v) is 15.4. The van der Waals surface area contributed by atoms with Crippen LogP contribution in [-0.4, -0.2) is 38.8 Å². The van der Waals surface area contributed by atoms with Crippen LogP contribution >= 0.6 is 0 Å². The number of rotatable bonds is 6. The molecule has 1 amide bonds. The number of sulfonamides is 1. The van der Waals surface area contributed by atoms with Crippen LogP contribution in [0.3, 0.4) is 0 Å². The lowest BCUT2D eigenvalue weighted by molar-refractivity contribution is -0.116. The molecule has 1 aliphatic heterocycles. The molecule has 1 saturated heterocycles. The third-order valence-electron chi connectivity index (χ3n) is 3.99. The quantitative estimate of drug-likeness (QED) is 0.852. The van der Waals surface area contributed by atoms with Crippen LogP contribution in [0.15, 0.2) is 23.1 Å². The lowest BCUT2D eigenvalue weighted by Gasteiger charge is -2.26. The van der Waals surface area contributed by atoms with Crippen LogP contribution in [0, 0.1) is 5.92 Å². The van der Waals surface area contributed by atoms with Gasteiger partial charge in [-0.3, -0.25) is 4.79 Å². The van der Waals surface area contributed by atoms with E-state index in [9.17, 15) is 13.2 Å². The summed E-state index contributed by atoms with van der Waals surface area (Å²) in [4.78, 5) is 12.2. The van der Waals surface area contributed by atoms with E-state index < -0.39 is 10.0 Å². The molecule has 0 aromatic heterocycles. The van der Waals surface area contributed by atoms with E-state index in [0.717, 1.165) is 19.3 Å². The second kappa shape index (κ2) is 7.98. The fraction of sp³-hybridized carbons (Fsp3) is 0.588. The van der Waals surface area contributed by atoms with Crippen molar-refractivity contribution in [3.63, 3.8) is 0 Å². The van der Waals surface area contributed by atoms with Crippen molar-refractivity contribution >= 4 is 21.6 Å². The highest BCUT2D eigenvalue weighted by atomic mass is 32.2. The van der Waals surface area contributed by atoms with Crippen LogP contribution in [0.5, 0.6) is 5.75 Å². The van der Waals surface area contributed by atoms with E-state index in [-0.39, 0.29) is 16.7 Å².